The summed E-state index contributed by atoms with van der Waals surface area (Å²) in [4.78, 5) is 3.78. The summed E-state index contributed by atoms with van der Waals surface area (Å²) in [5.41, 5.74) is 0.0569. The first-order chi connectivity index (χ1) is 7.02. The topological polar surface area (TPSA) is 12.9 Å². The lowest BCUT2D eigenvalue weighted by Gasteiger charge is -2.04. The Hall–Kier alpha value is -0.620. The maximum atomic E-state index is 13.4. The van der Waals surface area contributed by atoms with E-state index in [-0.39, 0.29) is 10.9 Å². The van der Waals surface area contributed by atoms with E-state index in [0.29, 0.717) is 8.95 Å². The molecule has 1 aromatic carbocycles. The fourth-order valence-corrected chi connectivity index (χ4v) is 1.98. The Morgan fingerprint density at radius 1 is 1.07 bits per heavy atom. The number of pyridine rings is 1. The van der Waals surface area contributed by atoms with Gasteiger partial charge < -0.3 is 0 Å². The van der Waals surface area contributed by atoms with Crippen LogP contribution in [-0.4, -0.2) is 4.98 Å². The van der Waals surface area contributed by atoms with Gasteiger partial charge in [-0.2, -0.15) is 0 Å². The van der Waals surface area contributed by atoms with Crippen molar-refractivity contribution in [2.75, 3.05) is 0 Å². The number of benzene rings is 1. The molecule has 0 N–H and O–H groups in total. The van der Waals surface area contributed by atoms with Crippen LogP contribution in [0, 0.1) is 17.5 Å². The van der Waals surface area contributed by atoms with Gasteiger partial charge in [0.1, 0.15) is 0 Å². The summed E-state index contributed by atoms with van der Waals surface area (Å²) in [6, 6.07) is 0.852. The Morgan fingerprint density at radius 3 is 2.40 bits per heavy atom. The number of rotatable bonds is 0. The third-order valence-electron chi connectivity index (χ3n) is 1.89. The van der Waals surface area contributed by atoms with Crippen molar-refractivity contribution < 1.29 is 13.2 Å². The zero-order valence-electron chi connectivity index (χ0n) is 6.99. The Balaban J connectivity index is 3.00. The third kappa shape index (κ3) is 1.65. The van der Waals surface area contributed by atoms with Gasteiger partial charge in [-0.25, -0.2) is 13.2 Å². The molecule has 78 valence electrons. The van der Waals surface area contributed by atoms with Crippen molar-refractivity contribution in [2.45, 2.75) is 0 Å². The summed E-state index contributed by atoms with van der Waals surface area (Å²) >= 11 is 6.18. The minimum absolute atomic E-state index is 0.0569. The first kappa shape index (κ1) is 10.9. The SMILES string of the molecule is Fc1cc2ncc(Br)c(Br)c2c(F)c1F. The van der Waals surface area contributed by atoms with E-state index in [4.69, 9.17) is 0 Å². The summed E-state index contributed by atoms with van der Waals surface area (Å²) in [6.45, 7) is 0. The number of hydrogen-bond acceptors (Lipinski definition) is 1. The summed E-state index contributed by atoms with van der Waals surface area (Å²) in [7, 11) is 0. The highest BCUT2D eigenvalue weighted by Gasteiger charge is 2.17. The minimum atomic E-state index is -1.50. The van der Waals surface area contributed by atoms with Crippen LogP contribution in [0.3, 0.4) is 0 Å². The number of fused-ring (bicyclic) bond motifs is 1. The first-order valence-corrected chi connectivity index (χ1v) is 5.38. The van der Waals surface area contributed by atoms with E-state index in [1.54, 1.807) is 0 Å². The molecule has 0 aliphatic rings. The van der Waals surface area contributed by atoms with Crippen molar-refractivity contribution in [3.05, 3.63) is 38.7 Å². The van der Waals surface area contributed by atoms with Crippen molar-refractivity contribution in [1.29, 1.82) is 0 Å². The lowest BCUT2D eigenvalue weighted by molar-refractivity contribution is 0.453. The predicted octanol–water partition coefficient (Wildman–Crippen LogP) is 4.18. The Labute approximate surface area is 99.6 Å². The zero-order chi connectivity index (χ0) is 11.2. The van der Waals surface area contributed by atoms with Crippen LogP contribution in [0.1, 0.15) is 0 Å². The average molecular weight is 341 g/mol. The van der Waals surface area contributed by atoms with Crippen LogP contribution in [0.4, 0.5) is 13.2 Å². The first-order valence-electron chi connectivity index (χ1n) is 3.79. The van der Waals surface area contributed by atoms with Crippen molar-refractivity contribution in [2.24, 2.45) is 0 Å². The molecule has 0 bridgehead atoms. The second-order valence-electron chi connectivity index (χ2n) is 2.80. The lowest BCUT2D eigenvalue weighted by atomic mass is 10.2. The Bertz CT molecular complexity index is 557. The monoisotopic (exact) mass is 339 g/mol. The highest BCUT2D eigenvalue weighted by atomic mass is 79.9. The van der Waals surface area contributed by atoms with Crippen molar-refractivity contribution >= 4 is 42.8 Å². The molecule has 0 spiro atoms. The molecule has 0 amide bonds. The van der Waals surface area contributed by atoms with Gasteiger partial charge in [0.05, 0.1) is 15.4 Å². The quantitative estimate of drug-likeness (QED) is 0.656. The molecule has 0 radical (unpaired) electrons. The van der Waals surface area contributed by atoms with Crippen LogP contribution in [-0.2, 0) is 0 Å². The van der Waals surface area contributed by atoms with Crippen LogP contribution < -0.4 is 0 Å². The Morgan fingerprint density at radius 2 is 1.73 bits per heavy atom. The van der Waals surface area contributed by atoms with Gasteiger partial charge in [0.15, 0.2) is 17.5 Å². The van der Waals surface area contributed by atoms with Crippen LogP contribution >= 0.6 is 31.9 Å². The van der Waals surface area contributed by atoms with Gasteiger partial charge in [0.2, 0.25) is 0 Å². The van der Waals surface area contributed by atoms with Gasteiger partial charge in [-0.1, -0.05) is 0 Å². The highest BCUT2D eigenvalue weighted by Crippen LogP contribution is 2.33. The molecule has 1 nitrogen and oxygen atoms in total. The number of aromatic nitrogens is 1. The standard InChI is InChI=1S/C9H2Br2F3N/c10-3-2-15-5-1-4(12)8(13)9(14)6(5)7(3)11/h1-2H. The molecule has 1 aromatic heterocycles. The summed E-state index contributed by atoms with van der Waals surface area (Å²) < 4.78 is 40.0. The second-order valence-corrected chi connectivity index (χ2v) is 4.45. The van der Waals surface area contributed by atoms with Crippen LogP contribution in [0.25, 0.3) is 10.9 Å². The summed E-state index contributed by atoms with van der Waals surface area (Å²) in [6.07, 6.45) is 1.38. The molecule has 0 saturated heterocycles. The highest BCUT2D eigenvalue weighted by molar-refractivity contribution is 9.13. The van der Waals surface area contributed by atoms with Gasteiger partial charge in [-0.3, -0.25) is 4.98 Å². The fourth-order valence-electron chi connectivity index (χ4n) is 1.20. The Kier molecular flexibility index (Phi) is 2.72. The molecule has 0 aliphatic heterocycles. The average Bonchev–Trinajstić information content (AvgIpc) is 2.20. The smallest absolute Gasteiger partial charge is 0.195 e. The van der Waals surface area contributed by atoms with Crippen LogP contribution in [0.2, 0.25) is 0 Å². The molecule has 0 saturated carbocycles. The largest absolute Gasteiger partial charge is 0.255 e. The maximum absolute atomic E-state index is 13.4. The molecule has 2 aromatic rings. The van der Waals surface area contributed by atoms with Crippen molar-refractivity contribution in [1.82, 2.24) is 4.98 Å². The van der Waals surface area contributed by atoms with E-state index < -0.39 is 17.5 Å². The number of halogens is 5. The van der Waals surface area contributed by atoms with Gasteiger partial charge in [-0.15, -0.1) is 0 Å². The number of hydrogen-bond donors (Lipinski definition) is 0. The minimum Gasteiger partial charge on any atom is -0.255 e. The molecule has 0 aliphatic carbocycles. The van der Waals surface area contributed by atoms with Crippen LogP contribution in [0.15, 0.2) is 21.2 Å². The molecular weight excluding hydrogens is 339 g/mol. The number of nitrogens with zero attached hydrogens (tertiary/aromatic N) is 1. The summed E-state index contributed by atoms with van der Waals surface area (Å²) in [5, 5.41) is -0.0803. The van der Waals surface area contributed by atoms with Gasteiger partial charge in [0, 0.05) is 16.7 Å². The molecule has 0 atom stereocenters. The van der Waals surface area contributed by atoms with Gasteiger partial charge in [0.25, 0.3) is 0 Å². The lowest BCUT2D eigenvalue weighted by Crippen LogP contribution is -1.95. The molecule has 6 heteroatoms. The molecule has 0 unspecified atom stereocenters. The van der Waals surface area contributed by atoms with Crippen molar-refractivity contribution in [3.63, 3.8) is 0 Å². The zero-order valence-corrected chi connectivity index (χ0v) is 10.2. The van der Waals surface area contributed by atoms with E-state index in [0.717, 1.165) is 6.07 Å². The van der Waals surface area contributed by atoms with Gasteiger partial charge >= 0.3 is 0 Å². The third-order valence-corrected chi connectivity index (χ3v) is 3.84. The fraction of sp³-hybridized carbons (Fsp3) is 0. The van der Waals surface area contributed by atoms with Crippen LogP contribution in [0.5, 0.6) is 0 Å². The molecular formula is C9H2Br2F3N. The van der Waals surface area contributed by atoms with E-state index >= 15 is 0 Å². The van der Waals surface area contributed by atoms with Gasteiger partial charge in [-0.05, 0) is 31.9 Å². The predicted molar refractivity (Wildman–Crippen MR) is 57.0 cm³/mol. The second kappa shape index (κ2) is 3.75. The molecule has 2 rings (SSSR count). The maximum Gasteiger partial charge on any atom is 0.195 e. The summed E-state index contributed by atoms with van der Waals surface area (Å²) in [5.74, 6) is -3.99. The normalized spacial score (nSPS) is 11.0. The van der Waals surface area contributed by atoms with E-state index in [1.165, 1.54) is 6.20 Å². The molecule has 0 fully saturated rings. The van der Waals surface area contributed by atoms with E-state index in [9.17, 15) is 13.2 Å². The van der Waals surface area contributed by atoms with E-state index in [2.05, 4.69) is 36.8 Å². The van der Waals surface area contributed by atoms with E-state index in [1.807, 2.05) is 0 Å². The molecule has 15 heavy (non-hydrogen) atoms. The van der Waals surface area contributed by atoms with Crippen molar-refractivity contribution in [3.8, 4) is 0 Å². The molecule has 1 heterocycles.